The Bertz CT molecular complexity index is 561. The highest BCUT2D eigenvalue weighted by Gasteiger charge is 2.13. The predicted molar refractivity (Wildman–Crippen MR) is 72.4 cm³/mol. The maximum Gasteiger partial charge on any atom is 0.330 e. The molecule has 19 heavy (non-hydrogen) atoms. The molecule has 0 spiro atoms. The summed E-state index contributed by atoms with van der Waals surface area (Å²) in [5, 5.41) is 8.61. The van der Waals surface area contributed by atoms with Gasteiger partial charge in [-0.1, -0.05) is 24.3 Å². The molecule has 1 rings (SSSR count). The third kappa shape index (κ3) is 4.84. The van der Waals surface area contributed by atoms with Crippen LogP contribution in [0.3, 0.4) is 0 Å². The summed E-state index contributed by atoms with van der Waals surface area (Å²) in [4.78, 5) is 10.7. The number of benzene rings is 1. The molecule has 0 saturated carbocycles. The first kappa shape index (κ1) is 15.4. The highest BCUT2D eigenvalue weighted by atomic mass is 32.2. The minimum absolute atomic E-state index is 0.0783. The summed E-state index contributed by atoms with van der Waals surface area (Å²) in [6.45, 7) is 5.44. The van der Waals surface area contributed by atoms with E-state index in [9.17, 15) is 13.2 Å². The van der Waals surface area contributed by atoms with Crippen LogP contribution in [-0.4, -0.2) is 26.0 Å². The van der Waals surface area contributed by atoms with Gasteiger partial charge in [-0.25, -0.2) is 17.9 Å². The molecule has 0 aliphatic rings. The van der Waals surface area contributed by atoms with Gasteiger partial charge in [0, 0.05) is 12.1 Å². The summed E-state index contributed by atoms with van der Waals surface area (Å²) >= 11 is 0. The van der Waals surface area contributed by atoms with Gasteiger partial charge in [-0.15, -0.1) is 0 Å². The van der Waals surface area contributed by atoms with E-state index in [1.54, 1.807) is 12.1 Å². The zero-order valence-corrected chi connectivity index (χ0v) is 11.5. The molecule has 0 heterocycles. The third-order valence-corrected chi connectivity index (χ3v) is 4.06. The number of aryl methyl sites for hydroxylation is 1. The van der Waals surface area contributed by atoms with E-state index in [0.717, 1.165) is 5.56 Å². The second-order valence-electron chi connectivity index (χ2n) is 4.22. The smallest absolute Gasteiger partial charge is 0.330 e. The van der Waals surface area contributed by atoms with E-state index in [0.29, 0.717) is 6.42 Å². The van der Waals surface area contributed by atoms with Crippen molar-refractivity contribution < 1.29 is 18.3 Å². The standard InChI is InChI=1S/C13H17NO4S/c1-10-5-7-12(8-6-10)19(17,18)14-9-3-4-11(2)13(15)16/h5-8,14H,2-4,9H2,1H3,(H,15,16). The van der Waals surface area contributed by atoms with Crippen LogP contribution >= 0.6 is 0 Å². The van der Waals surface area contributed by atoms with E-state index < -0.39 is 16.0 Å². The van der Waals surface area contributed by atoms with Crippen molar-refractivity contribution >= 4 is 16.0 Å². The summed E-state index contributed by atoms with van der Waals surface area (Å²) in [6.07, 6.45) is 0.655. The lowest BCUT2D eigenvalue weighted by Crippen LogP contribution is -2.25. The number of carboxylic acids is 1. The van der Waals surface area contributed by atoms with E-state index in [1.165, 1.54) is 12.1 Å². The molecule has 0 amide bonds. The monoisotopic (exact) mass is 283 g/mol. The van der Waals surface area contributed by atoms with Crippen LogP contribution in [0.25, 0.3) is 0 Å². The van der Waals surface area contributed by atoms with Crippen LogP contribution < -0.4 is 4.72 Å². The van der Waals surface area contributed by atoms with Gasteiger partial charge in [-0.2, -0.15) is 0 Å². The molecule has 0 aliphatic heterocycles. The van der Waals surface area contributed by atoms with Crippen LogP contribution in [0.4, 0.5) is 0 Å². The summed E-state index contributed by atoms with van der Waals surface area (Å²) < 4.78 is 26.2. The fourth-order valence-corrected chi connectivity index (χ4v) is 2.49. The lowest BCUT2D eigenvalue weighted by molar-refractivity contribution is -0.132. The van der Waals surface area contributed by atoms with Crippen LogP contribution in [0.15, 0.2) is 41.3 Å². The predicted octanol–water partition coefficient (Wildman–Crippen LogP) is 1.69. The molecule has 6 heteroatoms. The molecule has 0 bridgehead atoms. The van der Waals surface area contributed by atoms with Gasteiger partial charge in [-0.05, 0) is 31.9 Å². The van der Waals surface area contributed by atoms with E-state index in [4.69, 9.17) is 5.11 Å². The number of carbonyl (C=O) groups is 1. The lowest BCUT2D eigenvalue weighted by atomic mass is 10.2. The van der Waals surface area contributed by atoms with Gasteiger partial charge in [0.05, 0.1) is 4.90 Å². The zero-order chi connectivity index (χ0) is 14.5. The Labute approximate surface area is 113 Å². The van der Waals surface area contributed by atoms with Gasteiger partial charge in [0.15, 0.2) is 0 Å². The fraction of sp³-hybridized carbons (Fsp3) is 0.308. The molecule has 1 aromatic rings. The summed E-state index contributed by atoms with van der Waals surface area (Å²) in [7, 11) is -3.52. The van der Waals surface area contributed by atoms with Crippen LogP contribution in [0.5, 0.6) is 0 Å². The van der Waals surface area contributed by atoms with Crippen molar-refractivity contribution in [3.8, 4) is 0 Å². The van der Waals surface area contributed by atoms with Gasteiger partial charge < -0.3 is 5.11 Å². The minimum atomic E-state index is -3.52. The minimum Gasteiger partial charge on any atom is -0.478 e. The molecule has 0 unspecified atom stereocenters. The molecule has 0 aromatic heterocycles. The van der Waals surface area contributed by atoms with Crippen molar-refractivity contribution in [2.24, 2.45) is 0 Å². The SMILES string of the molecule is C=C(CCCNS(=O)(=O)c1ccc(C)cc1)C(=O)O. The summed E-state index contributed by atoms with van der Waals surface area (Å²) in [5.41, 5.74) is 1.06. The topological polar surface area (TPSA) is 83.5 Å². The first-order valence-corrected chi connectivity index (χ1v) is 7.28. The number of hydrogen-bond acceptors (Lipinski definition) is 3. The van der Waals surface area contributed by atoms with Crippen LogP contribution in [0.1, 0.15) is 18.4 Å². The van der Waals surface area contributed by atoms with E-state index in [1.807, 2.05) is 6.92 Å². The molecular formula is C13H17NO4S. The molecule has 0 fully saturated rings. The molecule has 0 saturated heterocycles. The van der Waals surface area contributed by atoms with Gasteiger partial charge in [0.25, 0.3) is 0 Å². The quantitative estimate of drug-likeness (QED) is 0.589. The molecule has 1 aromatic carbocycles. The van der Waals surface area contributed by atoms with Crippen molar-refractivity contribution in [1.29, 1.82) is 0 Å². The van der Waals surface area contributed by atoms with Crippen molar-refractivity contribution in [1.82, 2.24) is 4.72 Å². The van der Waals surface area contributed by atoms with E-state index >= 15 is 0 Å². The Morgan fingerprint density at radius 3 is 2.42 bits per heavy atom. The van der Waals surface area contributed by atoms with Crippen LogP contribution in [-0.2, 0) is 14.8 Å². The first-order valence-electron chi connectivity index (χ1n) is 5.80. The molecule has 104 valence electrons. The molecule has 0 atom stereocenters. The first-order chi connectivity index (χ1) is 8.83. The summed E-state index contributed by atoms with van der Waals surface area (Å²) in [5.74, 6) is -1.05. The highest BCUT2D eigenvalue weighted by molar-refractivity contribution is 7.89. The Kier molecular flexibility index (Phi) is 5.26. The van der Waals surface area contributed by atoms with Gasteiger partial charge in [0.1, 0.15) is 0 Å². The molecule has 5 nitrogen and oxygen atoms in total. The second kappa shape index (κ2) is 6.49. The zero-order valence-electron chi connectivity index (χ0n) is 10.7. The van der Waals surface area contributed by atoms with E-state index in [-0.39, 0.29) is 23.4 Å². The Morgan fingerprint density at radius 2 is 1.89 bits per heavy atom. The average Bonchev–Trinajstić information content (AvgIpc) is 2.34. The van der Waals surface area contributed by atoms with Gasteiger partial charge in [0.2, 0.25) is 10.0 Å². The van der Waals surface area contributed by atoms with Gasteiger partial charge in [-0.3, -0.25) is 0 Å². The van der Waals surface area contributed by atoms with E-state index in [2.05, 4.69) is 11.3 Å². The molecular weight excluding hydrogens is 266 g/mol. The molecule has 2 N–H and O–H groups in total. The van der Waals surface area contributed by atoms with Crippen LogP contribution in [0, 0.1) is 6.92 Å². The third-order valence-electron chi connectivity index (χ3n) is 2.58. The lowest BCUT2D eigenvalue weighted by Gasteiger charge is -2.07. The maximum absolute atomic E-state index is 11.9. The van der Waals surface area contributed by atoms with Crippen molar-refractivity contribution in [3.63, 3.8) is 0 Å². The second-order valence-corrected chi connectivity index (χ2v) is 5.99. The maximum atomic E-state index is 11.9. The summed E-state index contributed by atoms with van der Waals surface area (Å²) in [6, 6.07) is 6.52. The fourth-order valence-electron chi connectivity index (χ4n) is 1.42. The van der Waals surface area contributed by atoms with Gasteiger partial charge >= 0.3 is 5.97 Å². The number of carboxylic acid groups (broad SMARTS) is 1. The Balaban J connectivity index is 2.50. The van der Waals surface area contributed by atoms with Crippen LogP contribution in [0.2, 0.25) is 0 Å². The average molecular weight is 283 g/mol. The molecule has 0 radical (unpaired) electrons. The number of sulfonamides is 1. The Morgan fingerprint density at radius 1 is 1.32 bits per heavy atom. The number of nitrogens with one attached hydrogen (secondary N) is 1. The normalized spacial score (nSPS) is 11.2. The van der Waals surface area contributed by atoms with Crippen molar-refractivity contribution in [2.45, 2.75) is 24.7 Å². The Hall–Kier alpha value is -1.66. The number of aliphatic carboxylic acids is 1. The number of hydrogen-bond donors (Lipinski definition) is 2. The van der Waals surface area contributed by atoms with Crippen molar-refractivity contribution in [3.05, 3.63) is 42.0 Å². The largest absolute Gasteiger partial charge is 0.478 e. The van der Waals surface area contributed by atoms with Crippen molar-refractivity contribution in [2.75, 3.05) is 6.54 Å². The highest BCUT2D eigenvalue weighted by Crippen LogP contribution is 2.10. The number of rotatable bonds is 7. The molecule has 0 aliphatic carbocycles.